The van der Waals surface area contributed by atoms with Gasteiger partial charge in [0.2, 0.25) is 0 Å². The van der Waals surface area contributed by atoms with E-state index in [2.05, 4.69) is 69.5 Å². The number of para-hydroxylation sites is 1. The van der Waals surface area contributed by atoms with Gasteiger partial charge in [-0.25, -0.2) is 9.97 Å². The lowest BCUT2D eigenvalue weighted by Crippen LogP contribution is -2.60. The summed E-state index contributed by atoms with van der Waals surface area (Å²) < 4.78 is 0.953. The molecule has 1 fully saturated rings. The highest BCUT2D eigenvalue weighted by Gasteiger charge is 2.37. The van der Waals surface area contributed by atoms with E-state index in [1.807, 2.05) is 24.3 Å². The van der Waals surface area contributed by atoms with E-state index < -0.39 is 0 Å². The standard InChI is InChI=1S/C19H27BrN6/c1-18(2)9-12(10-19(3,4)26-18)24-16-15(21)17(23-11-22-16)25-14-8-6-5-7-13(14)20/h5-8,11-12,26H,9-10,21H2,1-4H3,(H2,22,23,24,25). The van der Waals surface area contributed by atoms with Crippen LogP contribution in [0.15, 0.2) is 35.1 Å². The van der Waals surface area contributed by atoms with Gasteiger partial charge in [0.15, 0.2) is 11.6 Å². The van der Waals surface area contributed by atoms with E-state index in [1.54, 1.807) is 0 Å². The van der Waals surface area contributed by atoms with Gasteiger partial charge in [0.1, 0.15) is 12.0 Å². The van der Waals surface area contributed by atoms with Crippen molar-refractivity contribution >= 4 is 38.9 Å². The maximum Gasteiger partial charge on any atom is 0.159 e. The van der Waals surface area contributed by atoms with E-state index in [4.69, 9.17) is 5.73 Å². The summed E-state index contributed by atoms with van der Waals surface area (Å²) in [5.41, 5.74) is 7.89. The van der Waals surface area contributed by atoms with Crippen LogP contribution >= 0.6 is 15.9 Å². The van der Waals surface area contributed by atoms with E-state index in [0.717, 1.165) is 23.0 Å². The van der Waals surface area contributed by atoms with Crippen LogP contribution in [0.2, 0.25) is 0 Å². The van der Waals surface area contributed by atoms with Crippen molar-refractivity contribution in [3.8, 4) is 0 Å². The van der Waals surface area contributed by atoms with Crippen LogP contribution in [0.3, 0.4) is 0 Å². The summed E-state index contributed by atoms with van der Waals surface area (Å²) in [5, 5.41) is 10.5. The number of hydrogen-bond donors (Lipinski definition) is 4. The molecule has 26 heavy (non-hydrogen) atoms. The van der Waals surface area contributed by atoms with E-state index in [9.17, 15) is 0 Å². The minimum absolute atomic E-state index is 0.0528. The number of hydrogen-bond acceptors (Lipinski definition) is 6. The molecular formula is C19H27BrN6. The lowest BCUT2D eigenvalue weighted by Gasteiger charge is -2.46. The number of piperidine rings is 1. The molecule has 0 aliphatic carbocycles. The van der Waals surface area contributed by atoms with Gasteiger partial charge in [0.25, 0.3) is 0 Å². The molecule has 2 heterocycles. The summed E-state index contributed by atoms with van der Waals surface area (Å²) in [7, 11) is 0. The normalized spacial score (nSPS) is 19.1. The Balaban J connectivity index is 1.80. The molecule has 1 aliphatic heterocycles. The first-order chi connectivity index (χ1) is 12.2. The van der Waals surface area contributed by atoms with Gasteiger partial charge in [-0.3, -0.25) is 0 Å². The SMILES string of the molecule is CC1(C)CC(Nc2ncnc(Nc3ccccc3Br)c2N)CC(C)(C)N1. The molecule has 140 valence electrons. The topological polar surface area (TPSA) is 87.9 Å². The number of anilines is 4. The zero-order valence-electron chi connectivity index (χ0n) is 15.7. The number of nitrogens with one attached hydrogen (secondary N) is 3. The third-order valence-corrected chi connectivity index (χ3v) is 5.23. The van der Waals surface area contributed by atoms with Crippen LogP contribution in [0.4, 0.5) is 23.0 Å². The highest BCUT2D eigenvalue weighted by Crippen LogP contribution is 2.33. The molecule has 1 aromatic carbocycles. The lowest BCUT2D eigenvalue weighted by molar-refractivity contribution is 0.170. The Morgan fingerprint density at radius 1 is 1.08 bits per heavy atom. The third-order valence-electron chi connectivity index (χ3n) is 4.54. The average molecular weight is 419 g/mol. The second kappa shape index (κ2) is 7.04. The molecule has 0 saturated carbocycles. The molecule has 1 aromatic heterocycles. The monoisotopic (exact) mass is 418 g/mol. The average Bonchev–Trinajstić information content (AvgIpc) is 2.50. The molecule has 2 aromatic rings. The van der Waals surface area contributed by atoms with Crippen molar-refractivity contribution < 1.29 is 0 Å². The zero-order valence-corrected chi connectivity index (χ0v) is 17.3. The van der Waals surface area contributed by atoms with Gasteiger partial charge in [0.05, 0.1) is 5.69 Å². The zero-order chi connectivity index (χ0) is 18.9. The van der Waals surface area contributed by atoms with Gasteiger partial charge in [0, 0.05) is 21.6 Å². The first-order valence-corrected chi connectivity index (χ1v) is 9.62. The van der Waals surface area contributed by atoms with Gasteiger partial charge >= 0.3 is 0 Å². The van der Waals surface area contributed by atoms with E-state index >= 15 is 0 Å². The van der Waals surface area contributed by atoms with Crippen LogP contribution in [0.1, 0.15) is 40.5 Å². The fraction of sp³-hybridized carbons (Fsp3) is 0.474. The Bertz CT molecular complexity index is 773. The summed E-state index contributed by atoms with van der Waals surface area (Å²) in [4.78, 5) is 8.68. The van der Waals surface area contributed by atoms with E-state index in [0.29, 0.717) is 17.3 Å². The fourth-order valence-corrected chi connectivity index (χ4v) is 4.30. The highest BCUT2D eigenvalue weighted by molar-refractivity contribution is 9.10. The van der Waals surface area contributed by atoms with Gasteiger partial charge in [-0.1, -0.05) is 12.1 Å². The molecule has 1 aliphatic rings. The largest absolute Gasteiger partial charge is 0.393 e. The van der Waals surface area contributed by atoms with Crippen molar-refractivity contribution in [1.82, 2.24) is 15.3 Å². The van der Waals surface area contributed by atoms with Crippen molar-refractivity contribution in [2.24, 2.45) is 0 Å². The predicted octanol–water partition coefficient (Wildman–Crippen LogP) is 4.29. The van der Waals surface area contributed by atoms with Crippen LogP contribution in [-0.2, 0) is 0 Å². The fourth-order valence-electron chi connectivity index (χ4n) is 3.92. The minimum Gasteiger partial charge on any atom is -0.393 e. The molecule has 7 heteroatoms. The van der Waals surface area contributed by atoms with Crippen molar-refractivity contribution in [3.63, 3.8) is 0 Å². The Hall–Kier alpha value is -1.86. The summed E-state index contributed by atoms with van der Waals surface area (Å²) in [6.07, 6.45) is 3.52. The van der Waals surface area contributed by atoms with Crippen LogP contribution in [0, 0.1) is 0 Å². The molecular weight excluding hydrogens is 392 g/mol. The quantitative estimate of drug-likeness (QED) is 0.592. The number of halogens is 1. The summed E-state index contributed by atoms with van der Waals surface area (Å²) >= 11 is 3.53. The van der Waals surface area contributed by atoms with E-state index in [1.165, 1.54) is 6.33 Å². The Morgan fingerprint density at radius 2 is 1.69 bits per heavy atom. The molecule has 0 amide bonds. The van der Waals surface area contributed by atoms with Gasteiger partial charge in [-0.15, -0.1) is 0 Å². The van der Waals surface area contributed by atoms with Crippen LogP contribution < -0.4 is 21.7 Å². The number of rotatable bonds is 4. The molecule has 3 rings (SSSR count). The van der Waals surface area contributed by atoms with Gasteiger partial charge < -0.3 is 21.7 Å². The molecule has 0 atom stereocenters. The second-order valence-corrected chi connectivity index (χ2v) is 9.09. The van der Waals surface area contributed by atoms with Crippen molar-refractivity contribution in [3.05, 3.63) is 35.1 Å². The molecule has 0 unspecified atom stereocenters. The Kier molecular flexibility index (Phi) is 5.12. The number of nitrogen functional groups attached to an aromatic ring is 1. The first-order valence-electron chi connectivity index (χ1n) is 8.83. The number of nitrogens with two attached hydrogens (primary N) is 1. The molecule has 5 N–H and O–H groups in total. The number of nitrogens with zero attached hydrogens (tertiary/aromatic N) is 2. The lowest BCUT2D eigenvalue weighted by atomic mass is 9.79. The number of aromatic nitrogens is 2. The third kappa shape index (κ3) is 4.45. The van der Waals surface area contributed by atoms with Crippen molar-refractivity contribution in [2.45, 2.75) is 57.7 Å². The summed E-state index contributed by atoms with van der Waals surface area (Å²) in [5.74, 6) is 1.27. The van der Waals surface area contributed by atoms with Crippen molar-refractivity contribution in [2.75, 3.05) is 16.4 Å². The molecule has 0 spiro atoms. The first kappa shape index (κ1) is 18.9. The minimum atomic E-state index is 0.0528. The molecule has 6 nitrogen and oxygen atoms in total. The smallest absolute Gasteiger partial charge is 0.159 e. The summed E-state index contributed by atoms with van der Waals surface area (Å²) in [6.45, 7) is 8.91. The molecule has 0 radical (unpaired) electrons. The number of benzene rings is 1. The van der Waals surface area contributed by atoms with Crippen molar-refractivity contribution in [1.29, 1.82) is 0 Å². The predicted molar refractivity (Wildman–Crippen MR) is 112 cm³/mol. The van der Waals surface area contributed by atoms with Gasteiger partial charge in [-0.2, -0.15) is 0 Å². The van der Waals surface area contributed by atoms with Crippen LogP contribution in [0.5, 0.6) is 0 Å². The highest BCUT2D eigenvalue weighted by atomic mass is 79.9. The summed E-state index contributed by atoms with van der Waals surface area (Å²) in [6, 6.07) is 8.15. The maximum absolute atomic E-state index is 6.35. The van der Waals surface area contributed by atoms with Crippen LogP contribution in [-0.4, -0.2) is 27.1 Å². The maximum atomic E-state index is 6.35. The Labute approximate surface area is 163 Å². The molecule has 1 saturated heterocycles. The Morgan fingerprint density at radius 3 is 2.35 bits per heavy atom. The van der Waals surface area contributed by atoms with Gasteiger partial charge in [-0.05, 0) is 68.6 Å². The van der Waals surface area contributed by atoms with E-state index in [-0.39, 0.29) is 17.1 Å². The molecule has 0 bridgehead atoms. The van der Waals surface area contributed by atoms with Crippen LogP contribution in [0.25, 0.3) is 0 Å². The second-order valence-electron chi connectivity index (χ2n) is 8.23.